The van der Waals surface area contributed by atoms with Crippen LogP contribution in [0.3, 0.4) is 0 Å². The smallest absolute Gasteiger partial charge is 0.384 e. The molecule has 1 aliphatic heterocycles. The van der Waals surface area contributed by atoms with Crippen LogP contribution in [-0.2, 0) is 16.9 Å². The summed E-state index contributed by atoms with van der Waals surface area (Å²) in [5.41, 5.74) is 1.50. The molecule has 6 heteroatoms. The Morgan fingerprint density at radius 3 is 2.93 bits per heavy atom. The molecule has 1 heterocycles. The lowest BCUT2D eigenvalue weighted by Gasteiger charge is -2.05. The largest absolute Gasteiger partial charge is 0.488 e. The Balaban J connectivity index is 2.40. The maximum Gasteiger partial charge on any atom is 0.488 e. The van der Waals surface area contributed by atoms with Crippen LogP contribution in [0.5, 0.6) is 5.75 Å². The third-order valence-corrected chi connectivity index (χ3v) is 2.39. The minimum atomic E-state index is -4.93. The molecule has 0 saturated carbocycles. The van der Waals surface area contributed by atoms with Gasteiger partial charge in [-0.2, -0.15) is 8.42 Å². The van der Waals surface area contributed by atoms with Gasteiger partial charge in [0.25, 0.3) is 0 Å². The van der Waals surface area contributed by atoms with E-state index >= 15 is 0 Å². The summed E-state index contributed by atoms with van der Waals surface area (Å²) in [6.45, 7) is 0.710. The van der Waals surface area contributed by atoms with Crippen molar-refractivity contribution in [2.45, 2.75) is 6.42 Å². The summed E-state index contributed by atoms with van der Waals surface area (Å²) in [6, 6.07) is 4.83. The number of anilines is 1. The highest BCUT2D eigenvalue weighted by molar-refractivity contribution is 7.81. The Hall–Kier alpha value is -1.30. The standard InChI is InChI=1S/C8H8FNO3S/c9-14(11,12)13-8-3-1-2-7-6(8)4-5-10-7/h1-3,10H,4-5H2. The molecule has 0 fully saturated rings. The molecular weight excluding hydrogens is 209 g/mol. The predicted octanol–water partition coefficient (Wildman–Crippen LogP) is 1.25. The van der Waals surface area contributed by atoms with Gasteiger partial charge in [-0.25, -0.2) is 0 Å². The van der Waals surface area contributed by atoms with Gasteiger partial charge in [-0.05, 0) is 18.6 Å². The van der Waals surface area contributed by atoms with Gasteiger partial charge in [-0.1, -0.05) is 9.95 Å². The van der Waals surface area contributed by atoms with Crippen molar-refractivity contribution in [3.8, 4) is 5.75 Å². The zero-order valence-corrected chi connectivity index (χ0v) is 7.97. The fraction of sp³-hybridized carbons (Fsp3) is 0.250. The van der Waals surface area contributed by atoms with E-state index in [-0.39, 0.29) is 5.75 Å². The van der Waals surface area contributed by atoms with Crippen molar-refractivity contribution in [1.82, 2.24) is 0 Å². The Morgan fingerprint density at radius 2 is 2.21 bits per heavy atom. The zero-order chi connectivity index (χ0) is 10.2. The SMILES string of the molecule is O=S(=O)(F)Oc1cccc2c1CCN2. The average molecular weight is 217 g/mol. The third kappa shape index (κ3) is 1.79. The van der Waals surface area contributed by atoms with Gasteiger partial charge in [0.05, 0.1) is 0 Å². The van der Waals surface area contributed by atoms with E-state index in [1.54, 1.807) is 12.1 Å². The van der Waals surface area contributed by atoms with E-state index in [1.165, 1.54) is 6.07 Å². The monoisotopic (exact) mass is 217 g/mol. The van der Waals surface area contributed by atoms with Gasteiger partial charge < -0.3 is 9.50 Å². The molecule has 1 aliphatic rings. The van der Waals surface area contributed by atoms with Crippen LogP contribution in [0.1, 0.15) is 5.56 Å². The molecule has 14 heavy (non-hydrogen) atoms. The molecule has 0 amide bonds. The number of hydrogen-bond donors (Lipinski definition) is 1. The van der Waals surface area contributed by atoms with Gasteiger partial charge in [0, 0.05) is 17.8 Å². The van der Waals surface area contributed by atoms with Crippen LogP contribution in [0.15, 0.2) is 18.2 Å². The molecule has 4 nitrogen and oxygen atoms in total. The first-order valence-electron chi connectivity index (χ1n) is 4.06. The summed E-state index contributed by atoms with van der Waals surface area (Å²) >= 11 is 0. The molecular formula is C8H8FNO3S. The topological polar surface area (TPSA) is 55.4 Å². The molecule has 0 radical (unpaired) electrons. The molecule has 0 saturated heterocycles. The van der Waals surface area contributed by atoms with Gasteiger partial charge in [0.1, 0.15) is 0 Å². The second-order valence-corrected chi connectivity index (χ2v) is 3.89. The lowest BCUT2D eigenvalue weighted by molar-refractivity contribution is 0.438. The van der Waals surface area contributed by atoms with Gasteiger partial charge in [0.15, 0.2) is 5.75 Å². The number of hydrogen-bond acceptors (Lipinski definition) is 4. The van der Waals surface area contributed by atoms with E-state index in [1.807, 2.05) is 0 Å². The first-order valence-corrected chi connectivity index (χ1v) is 5.37. The normalized spacial score (nSPS) is 14.6. The van der Waals surface area contributed by atoms with E-state index in [0.29, 0.717) is 18.5 Å². The maximum absolute atomic E-state index is 12.3. The first kappa shape index (κ1) is 9.26. The van der Waals surface area contributed by atoms with E-state index in [4.69, 9.17) is 0 Å². The molecule has 0 bridgehead atoms. The summed E-state index contributed by atoms with van der Waals surface area (Å²) in [4.78, 5) is 0. The Bertz CT molecular complexity index is 458. The molecule has 1 aromatic rings. The van der Waals surface area contributed by atoms with Gasteiger partial charge in [-0.3, -0.25) is 0 Å². The van der Waals surface area contributed by atoms with Crippen LogP contribution in [0, 0.1) is 0 Å². The molecule has 2 rings (SSSR count). The second-order valence-electron chi connectivity index (χ2n) is 2.94. The van der Waals surface area contributed by atoms with Crippen molar-refractivity contribution in [1.29, 1.82) is 0 Å². The van der Waals surface area contributed by atoms with Crippen molar-refractivity contribution in [3.05, 3.63) is 23.8 Å². The van der Waals surface area contributed by atoms with Crippen LogP contribution in [0.2, 0.25) is 0 Å². The summed E-state index contributed by atoms with van der Waals surface area (Å²) in [5.74, 6) is 0.0648. The van der Waals surface area contributed by atoms with Crippen molar-refractivity contribution in [2.75, 3.05) is 11.9 Å². The summed E-state index contributed by atoms with van der Waals surface area (Å²) in [7, 11) is -4.93. The highest BCUT2D eigenvalue weighted by Gasteiger charge is 2.19. The van der Waals surface area contributed by atoms with Gasteiger partial charge in [0.2, 0.25) is 0 Å². The Labute approximate surface area is 81.1 Å². The lowest BCUT2D eigenvalue weighted by Crippen LogP contribution is -2.02. The number of benzene rings is 1. The zero-order valence-electron chi connectivity index (χ0n) is 7.16. The van der Waals surface area contributed by atoms with Crippen LogP contribution >= 0.6 is 0 Å². The molecule has 0 spiro atoms. The van der Waals surface area contributed by atoms with Gasteiger partial charge in [-0.15, -0.1) is 0 Å². The van der Waals surface area contributed by atoms with Crippen molar-refractivity contribution in [3.63, 3.8) is 0 Å². The van der Waals surface area contributed by atoms with Crippen molar-refractivity contribution in [2.24, 2.45) is 0 Å². The average Bonchev–Trinajstić information content (AvgIpc) is 2.49. The minimum Gasteiger partial charge on any atom is -0.384 e. The van der Waals surface area contributed by atoms with E-state index in [2.05, 4.69) is 9.50 Å². The van der Waals surface area contributed by atoms with Crippen LogP contribution in [-0.4, -0.2) is 15.0 Å². The number of rotatable bonds is 2. The molecule has 76 valence electrons. The van der Waals surface area contributed by atoms with Crippen molar-refractivity contribution < 1.29 is 16.5 Å². The molecule has 1 aromatic carbocycles. The molecule has 1 N–H and O–H groups in total. The molecule has 0 aromatic heterocycles. The third-order valence-electron chi connectivity index (χ3n) is 2.01. The van der Waals surface area contributed by atoms with Crippen molar-refractivity contribution >= 4 is 16.2 Å². The number of fused-ring (bicyclic) bond motifs is 1. The second kappa shape index (κ2) is 3.13. The predicted molar refractivity (Wildman–Crippen MR) is 49.3 cm³/mol. The van der Waals surface area contributed by atoms with Crippen LogP contribution < -0.4 is 9.50 Å². The fourth-order valence-corrected chi connectivity index (χ4v) is 1.87. The van der Waals surface area contributed by atoms with Gasteiger partial charge >= 0.3 is 10.5 Å². The van der Waals surface area contributed by atoms with E-state index < -0.39 is 10.5 Å². The Morgan fingerprint density at radius 1 is 1.43 bits per heavy atom. The quantitative estimate of drug-likeness (QED) is 0.757. The van der Waals surface area contributed by atoms with Crippen LogP contribution in [0.4, 0.5) is 9.57 Å². The lowest BCUT2D eigenvalue weighted by atomic mass is 10.1. The molecule has 0 atom stereocenters. The number of halogens is 1. The van der Waals surface area contributed by atoms with Crippen LogP contribution in [0.25, 0.3) is 0 Å². The summed E-state index contributed by atoms with van der Waals surface area (Å²) in [5, 5.41) is 3.03. The highest BCUT2D eigenvalue weighted by atomic mass is 32.3. The highest BCUT2D eigenvalue weighted by Crippen LogP contribution is 2.31. The maximum atomic E-state index is 12.3. The minimum absolute atomic E-state index is 0.0648. The Kier molecular flexibility index (Phi) is 2.07. The molecule has 0 aliphatic carbocycles. The number of nitrogens with one attached hydrogen (secondary N) is 1. The molecule has 0 unspecified atom stereocenters. The summed E-state index contributed by atoms with van der Waals surface area (Å²) in [6.07, 6.45) is 0.640. The van der Waals surface area contributed by atoms with E-state index in [9.17, 15) is 12.3 Å². The fourth-order valence-electron chi connectivity index (χ4n) is 1.50. The summed E-state index contributed by atoms with van der Waals surface area (Å²) < 4.78 is 37.1. The first-order chi connectivity index (χ1) is 6.56. The van der Waals surface area contributed by atoms with E-state index in [0.717, 1.165) is 5.69 Å².